The second-order valence-corrected chi connectivity index (χ2v) is 12.4. The first-order chi connectivity index (χ1) is 26.0. The number of hydrogen-bond acceptors (Lipinski definition) is 10. The van der Waals surface area contributed by atoms with Gasteiger partial charge in [-0.1, -0.05) is 30.3 Å². The largest absolute Gasteiger partial charge is 0.464 e. The number of esters is 2. The van der Waals surface area contributed by atoms with Crippen LogP contribution in [0.1, 0.15) is 51.3 Å². The van der Waals surface area contributed by atoms with Crippen LogP contribution in [-0.4, -0.2) is 77.9 Å². The van der Waals surface area contributed by atoms with Gasteiger partial charge in [0.2, 0.25) is 23.6 Å². The van der Waals surface area contributed by atoms with Crippen LogP contribution in [0, 0.1) is 21.7 Å². The van der Waals surface area contributed by atoms with Crippen molar-refractivity contribution in [3.63, 3.8) is 0 Å². The van der Waals surface area contributed by atoms with Gasteiger partial charge in [0, 0.05) is 30.3 Å². The van der Waals surface area contributed by atoms with Crippen molar-refractivity contribution in [2.45, 2.75) is 78.0 Å². The van der Waals surface area contributed by atoms with Gasteiger partial charge in [-0.15, -0.1) is 0 Å². The van der Waals surface area contributed by atoms with Gasteiger partial charge in [-0.05, 0) is 69.5 Å². The summed E-state index contributed by atoms with van der Waals surface area (Å²) < 4.78 is 36.0. The van der Waals surface area contributed by atoms with Crippen LogP contribution in [0.2, 0.25) is 0 Å². The number of nitro benzene ring substituents is 1. The van der Waals surface area contributed by atoms with E-state index >= 15 is 0 Å². The highest BCUT2D eigenvalue weighted by Gasteiger charge is 2.41. The number of non-ortho nitro benzene ring substituents is 1. The quantitative estimate of drug-likeness (QED) is 0.124. The van der Waals surface area contributed by atoms with E-state index in [0.717, 1.165) is 17.7 Å². The monoisotopic (exact) mass is 767 g/mol. The molecule has 0 saturated carbocycles. The molecular weight excluding hydrogens is 724 g/mol. The van der Waals surface area contributed by atoms with Crippen molar-refractivity contribution in [2.75, 3.05) is 18.1 Å². The summed E-state index contributed by atoms with van der Waals surface area (Å²) in [6, 6.07) is 12.3. The maximum atomic E-state index is 13.2. The molecule has 1 heterocycles. The molecule has 0 aliphatic carbocycles. The van der Waals surface area contributed by atoms with Gasteiger partial charge in [0.25, 0.3) is 5.69 Å². The number of carbonyl (C=O) groups is 6. The van der Waals surface area contributed by atoms with Crippen LogP contribution < -0.4 is 20.9 Å². The summed E-state index contributed by atoms with van der Waals surface area (Å²) >= 11 is 0. The molecule has 294 valence electrons. The minimum Gasteiger partial charge on any atom is -0.464 e. The number of ether oxygens (including phenoxy) is 2. The average Bonchev–Trinajstić information content (AvgIpc) is 3.51. The lowest BCUT2D eigenvalue weighted by Crippen LogP contribution is -2.52. The number of fused-ring (bicyclic) bond motifs is 1. The summed E-state index contributed by atoms with van der Waals surface area (Å²) in [4.78, 5) is 85.0. The highest BCUT2D eigenvalue weighted by Crippen LogP contribution is 2.33. The van der Waals surface area contributed by atoms with Gasteiger partial charge in [0.15, 0.2) is 0 Å². The molecule has 0 bridgehead atoms. The number of para-hydroxylation sites is 1. The van der Waals surface area contributed by atoms with Gasteiger partial charge >= 0.3 is 11.9 Å². The number of nitrogens with zero attached hydrogens (tertiary/aromatic N) is 2. The Morgan fingerprint density at radius 2 is 1.38 bits per heavy atom. The van der Waals surface area contributed by atoms with E-state index in [9.17, 15) is 47.7 Å². The van der Waals surface area contributed by atoms with Crippen molar-refractivity contribution in [1.29, 1.82) is 0 Å². The second kappa shape index (κ2) is 20.3. The zero-order valence-electron chi connectivity index (χ0n) is 30.9. The minimum atomic E-state index is -0.923. The van der Waals surface area contributed by atoms with Crippen LogP contribution in [0.3, 0.4) is 0 Å². The Morgan fingerprint density at radius 1 is 0.782 bits per heavy atom. The fourth-order valence-electron chi connectivity index (χ4n) is 5.53. The molecule has 15 nitrogen and oxygen atoms in total. The summed E-state index contributed by atoms with van der Waals surface area (Å²) in [5.74, 6) is -4.70. The number of hydrogen-bond donors (Lipinski definition) is 3. The van der Waals surface area contributed by atoms with Gasteiger partial charge in [-0.25, -0.2) is 18.4 Å². The van der Waals surface area contributed by atoms with Crippen molar-refractivity contribution in [1.82, 2.24) is 16.0 Å². The van der Waals surface area contributed by atoms with Gasteiger partial charge in [-0.3, -0.25) is 34.2 Å². The molecule has 0 aromatic heterocycles. The Balaban J connectivity index is 0.000000306. The van der Waals surface area contributed by atoms with E-state index in [2.05, 4.69) is 16.0 Å². The summed E-state index contributed by atoms with van der Waals surface area (Å²) in [6.45, 7) is 8.15. The third-order valence-corrected chi connectivity index (χ3v) is 8.06. The topological polar surface area (TPSA) is 203 Å². The number of amides is 4. The van der Waals surface area contributed by atoms with Crippen LogP contribution in [0.25, 0.3) is 0 Å². The van der Waals surface area contributed by atoms with Crippen molar-refractivity contribution >= 4 is 46.9 Å². The molecule has 4 amide bonds. The first-order valence-corrected chi connectivity index (χ1v) is 17.4. The van der Waals surface area contributed by atoms with Crippen molar-refractivity contribution in [3.05, 3.63) is 105 Å². The molecule has 1 aliphatic rings. The van der Waals surface area contributed by atoms with E-state index in [1.54, 1.807) is 32.0 Å². The molecule has 0 radical (unpaired) electrons. The Hall–Kier alpha value is -6.26. The zero-order chi connectivity index (χ0) is 40.8. The van der Waals surface area contributed by atoms with Gasteiger partial charge in [0.05, 0.1) is 31.0 Å². The molecule has 0 fully saturated rings. The summed E-state index contributed by atoms with van der Waals surface area (Å²) in [5, 5.41) is 18.3. The number of anilines is 1. The van der Waals surface area contributed by atoms with E-state index < -0.39 is 76.3 Å². The van der Waals surface area contributed by atoms with Crippen molar-refractivity contribution in [2.24, 2.45) is 0 Å². The van der Waals surface area contributed by atoms with Gasteiger partial charge in [-0.2, -0.15) is 0 Å². The molecule has 17 heteroatoms. The van der Waals surface area contributed by atoms with Crippen LogP contribution in [0.4, 0.5) is 20.2 Å². The SMILES string of the molecule is CCOC(=O)[C@@H]1Cc2ccccc2N1C(=O)[C@H](C)NC(=O)Cc1cccc([N+](=O)[O-])c1.CCOC(=O)[C@H](C)NC(=O)[C@H](C)NC(=O)Cc1cc(F)cc(F)c1. The summed E-state index contributed by atoms with van der Waals surface area (Å²) in [7, 11) is 0. The summed E-state index contributed by atoms with van der Waals surface area (Å²) in [5.41, 5.74) is 1.97. The number of nitro groups is 1. The molecule has 55 heavy (non-hydrogen) atoms. The lowest BCUT2D eigenvalue weighted by molar-refractivity contribution is -0.384. The fraction of sp³-hybridized carbons (Fsp3) is 0.368. The normalized spacial score (nSPS) is 14.5. The zero-order valence-corrected chi connectivity index (χ0v) is 30.9. The predicted octanol–water partition coefficient (Wildman–Crippen LogP) is 3.24. The number of rotatable bonds is 14. The number of nitrogens with one attached hydrogen (secondary N) is 3. The smallest absolute Gasteiger partial charge is 0.329 e. The maximum Gasteiger partial charge on any atom is 0.329 e. The van der Waals surface area contributed by atoms with E-state index in [1.807, 2.05) is 12.1 Å². The van der Waals surface area contributed by atoms with E-state index in [0.29, 0.717) is 23.7 Å². The van der Waals surface area contributed by atoms with Gasteiger partial charge in [0.1, 0.15) is 35.8 Å². The molecule has 3 aromatic rings. The Kier molecular flexibility index (Phi) is 15.9. The number of benzene rings is 3. The predicted molar refractivity (Wildman–Crippen MR) is 194 cm³/mol. The van der Waals surface area contributed by atoms with E-state index in [-0.39, 0.29) is 37.3 Å². The van der Waals surface area contributed by atoms with E-state index in [1.165, 1.54) is 43.9 Å². The molecule has 0 unspecified atom stereocenters. The highest BCUT2D eigenvalue weighted by molar-refractivity contribution is 6.05. The molecule has 0 saturated heterocycles. The van der Waals surface area contributed by atoms with Crippen LogP contribution >= 0.6 is 0 Å². The summed E-state index contributed by atoms with van der Waals surface area (Å²) in [6.07, 6.45) is -0.0496. The van der Waals surface area contributed by atoms with Crippen LogP contribution in [0.15, 0.2) is 66.7 Å². The Labute approximate surface area is 315 Å². The standard InChI is InChI=1S/C22H23N3O6.C16H20F2N2O4/c1-3-31-22(28)19-13-16-8-4-5-10-18(16)24(19)21(27)14(2)23-20(26)12-15-7-6-9-17(11-15)25(29)30;1-4-24-16(23)10(3)20-15(22)9(2)19-14(21)7-11-5-12(17)8-13(18)6-11/h4-11,14,19H,3,12-13H2,1-2H3,(H,23,26);5-6,8-10H,4,7H2,1-3H3,(H,19,21)(H,20,22)/t14-,19-;9-,10-/m00/s1. The maximum absolute atomic E-state index is 13.2. The Morgan fingerprint density at radius 3 is 2.00 bits per heavy atom. The molecular formula is C38H43F2N5O10. The Bertz CT molecular complexity index is 1890. The number of halogens is 2. The van der Waals surface area contributed by atoms with Gasteiger partial charge < -0.3 is 25.4 Å². The second-order valence-electron chi connectivity index (χ2n) is 12.4. The fourth-order valence-corrected chi connectivity index (χ4v) is 5.53. The lowest BCUT2D eigenvalue weighted by Gasteiger charge is -2.27. The molecule has 1 aliphatic heterocycles. The molecule has 3 N–H and O–H groups in total. The lowest BCUT2D eigenvalue weighted by atomic mass is 10.1. The third-order valence-electron chi connectivity index (χ3n) is 8.06. The van der Waals surface area contributed by atoms with E-state index in [4.69, 9.17) is 9.47 Å². The average molecular weight is 768 g/mol. The molecule has 4 rings (SSSR count). The first kappa shape index (κ1) is 43.1. The van der Waals surface area contributed by atoms with Crippen LogP contribution in [-0.2, 0) is 57.5 Å². The molecule has 4 atom stereocenters. The van der Waals surface area contributed by atoms with Crippen LogP contribution in [0.5, 0.6) is 0 Å². The first-order valence-electron chi connectivity index (χ1n) is 17.4. The third kappa shape index (κ3) is 12.7. The highest BCUT2D eigenvalue weighted by atomic mass is 19.1. The molecule has 3 aromatic carbocycles. The minimum absolute atomic E-state index is 0.111. The molecule has 0 spiro atoms. The van der Waals surface area contributed by atoms with Crippen molar-refractivity contribution in [3.8, 4) is 0 Å². The van der Waals surface area contributed by atoms with Crippen molar-refractivity contribution < 1.29 is 51.9 Å². The number of carbonyl (C=O) groups excluding carboxylic acids is 6.